The zero-order valence-corrected chi connectivity index (χ0v) is 5.81. The summed E-state index contributed by atoms with van der Waals surface area (Å²) >= 11 is 0. The molecule has 25 valence electrons. The number of aliphatic hydroxyl groups excluding tert-OH is 1. The van der Waals surface area contributed by atoms with Crippen LogP contribution in [0.4, 0.5) is 0 Å². The molecule has 0 saturated carbocycles. The van der Waals surface area contributed by atoms with Crippen molar-refractivity contribution in [2.24, 2.45) is 0 Å². The van der Waals surface area contributed by atoms with E-state index in [0.717, 1.165) is 0 Å². The smallest absolute Gasteiger partial charge is 0.569 e. The van der Waals surface area contributed by atoms with Crippen LogP contribution in [0.3, 0.4) is 0 Å². The maximum Gasteiger partial charge on any atom is 2.00 e. The molecule has 0 aliphatic heterocycles. The largest absolute Gasteiger partial charge is 2.00 e. The van der Waals surface area contributed by atoms with E-state index in [4.69, 9.17) is 5.11 Å². The molecular formula is C2H6OTa. The van der Waals surface area contributed by atoms with E-state index in [1.807, 2.05) is 0 Å². The Morgan fingerprint density at radius 2 is 1.25 bits per heavy atom. The molecule has 0 amide bonds. The molecule has 1 radical (unpaired) electrons. The van der Waals surface area contributed by atoms with Gasteiger partial charge in [0.1, 0.15) is 0 Å². The van der Waals surface area contributed by atoms with Gasteiger partial charge in [0.05, 0.1) is 0 Å². The molecule has 0 bridgehead atoms. The topological polar surface area (TPSA) is 20.2 Å². The molecule has 0 rings (SSSR count). The van der Waals surface area contributed by atoms with Gasteiger partial charge in [-0.2, -0.15) is 0 Å². The number of hydrogen-bond donors (Lipinski definition) is 1. The van der Waals surface area contributed by atoms with Gasteiger partial charge in [0, 0.05) is 0 Å². The van der Waals surface area contributed by atoms with Crippen LogP contribution in [0.1, 0.15) is 0 Å². The molecule has 0 spiro atoms. The first kappa shape index (κ1) is 22.3. The van der Waals surface area contributed by atoms with E-state index >= 15 is 0 Å². The van der Waals surface area contributed by atoms with Crippen molar-refractivity contribution in [1.29, 1.82) is 0 Å². The van der Waals surface area contributed by atoms with Gasteiger partial charge in [-0.3, -0.25) is 0 Å². The Morgan fingerprint density at radius 3 is 1.25 bits per heavy atom. The summed E-state index contributed by atoms with van der Waals surface area (Å²) in [5.41, 5.74) is 0. The molecular weight excluding hydrogens is 221 g/mol. The monoisotopic (exact) mass is 227 g/mol. The second-order valence-electron chi connectivity index (χ2n) is 0. The molecule has 0 saturated heterocycles. The average molecular weight is 227 g/mol. The summed E-state index contributed by atoms with van der Waals surface area (Å²) in [6, 6.07) is 0. The van der Waals surface area contributed by atoms with Crippen molar-refractivity contribution in [3.63, 3.8) is 0 Å². The fourth-order valence-electron chi connectivity index (χ4n) is 0. The van der Waals surface area contributed by atoms with Crippen LogP contribution in [0, 0.1) is 14.5 Å². The molecule has 0 aromatic carbocycles. The van der Waals surface area contributed by atoms with Crippen LogP contribution in [0.15, 0.2) is 0 Å². The van der Waals surface area contributed by atoms with Crippen LogP contribution >= 0.6 is 0 Å². The van der Waals surface area contributed by atoms with Crippen molar-refractivity contribution in [3.05, 3.63) is 14.5 Å². The molecule has 0 atom stereocenters. The third kappa shape index (κ3) is 15.9. The van der Waals surface area contributed by atoms with E-state index in [-0.39, 0.29) is 29.8 Å². The SMILES string of the molecule is [CH2-]O.[CH3-].[Ta+2]. The van der Waals surface area contributed by atoms with E-state index in [2.05, 4.69) is 7.11 Å². The van der Waals surface area contributed by atoms with E-state index in [1.54, 1.807) is 0 Å². The Kier molecular flexibility index (Phi) is 306. The van der Waals surface area contributed by atoms with Gasteiger partial charge in [-0.25, -0.2) is 7.11 Å². The molecule has 1 N–H and O–H groups in total. The Bertz CT molecular complexity index is 6.00. The van der Waals surface area contributed by atoms with Crippen LogP contribution in [0.2, 0.25) is 0 Å². The van der Waals surface area contributed by atoms with Crippen molar-refractivity contribution >= 4 is 0 Å². The zero-order valence-electron chi connectivity index (χ0n) is 2.60. The minimum absolute atomic E-state index is 0. The number of rotatable bonds is 0. The number of hydrogen-bond acceptors (Lipinski definition) is 1. The quantitative estimate of drug-likeness (QED) is 0.601. The first-order chi connectivity index (χ1) is 1.00. The van der Waals surface area contributed by atoms with Gasteiger partial charge in [0.15, 0.2) is 0 Å². The normalized spacial score (nSPS) is 1.50. The molecule has 0 fully saturated rings. The fraction of sp³-hybridized carbons (Fsp3) is 0. The van der Waals surface area contributed by atoms with Gasteiger partial charge in [-0.1, -0.05) is 0 Å². The standard InChI is InChI=1S/CH3O.CH3.Ta/c1-2;;/h2H,1H2;1H3;/q2*-1;+2. The van der Waals surface area contributed by atoms with Crippen molar-refractivity contribution in [2.75, 3.05) is 0 Å². The number of aliphatic hydroxyl groups is 1. The Morgan fingerprint density at radius 1 is 1.25 bits per heavy atom. The Labute approximate surface area is 42.5 Å². The molecule has 0 aromatic heterocycles. The molecule has 4 heavy (non-hydrogen) atoms. The maximum absolute atomic E-state index is 6.75. The van der Waals surface area contributed by atoms with Gasteiger partial charge in [-0.15, -0.1) is 0 Å². The van der Waals surface area contributed by atoms with E-state index in [9.17, 15) is 0 Å². The summed E-state index contributed by atoms with van der Waals surface area (Å²) in [6.07, 6.45) is 0. The van der Waals surface area contributed by atoms with Crippen LogP contribution in [0.25, 0.3) is 0 Å². The van der Waals surface area contributed by atoms with E-state index < -0.39 is 0 Å². The molecule has 0 aliphatic rings. The minimum Gasteiger partial charge on any atom is -0.569 e. The second kappa shape index (κ2) is 55.0. The first-order valence-electron chi connectivity index (χ1n) is 0.316. The average Bonchev–Trinajstić information content (AvgIpc) is 1.00. The predicted octanol–water partition coefficient (Wildman–Crippen LogP) is 0.598. The maximum atomic E-state index is 6.75. The molecule has 0 unspecified atom stereocenters. The summed E-state index contributed by atoms with van der Waals surface area (Å²) in [5.74, 6) is 0. The van der Waals surface area contributed by atoms with Gasteiger partial charge < -0.3 is 12.5 Å². The third-order valence-electron chi connectivity index (χ3n) is 0. The van der Waals surface area contributed by atoms with Gasteiger partial charge in [-0.05, 0) is 0 Å². The second-order valence-corrected chi connectivity index (χ2v) is 0. The van der Waals surface area contributed by atoms with E-state index in [1.165, 1.54) is 0 Å². The Hall–Kier alpha value is 0.700. The Balaban J connectivity index is -0.00000000500. The van der Waals surface area contributed by atoms with Crippen LogP contribution in [-0.4, -0.2) is 5.11 Å². The fourth-order valence-corrected chi connectivity index (χ4v) is 0. The summed E-state index contributed by atoms with van der Waals surface area (Å²) in [6.45, 7) is 0. The van der Waals surface area contributed by atoms with Crippen LogP contribution < -0.4 is 0 Å². The van der Waals surface area contributed by atoms with Crippen molar-refractivity contribution in [1.82, 2.24) is 0 Å². The molecule has 0 aromatic rings. The van der Waals surface area contributed by atoms with Gasteiger partial charge in [0.2, 0.25) is 0 Å². The van der Waals surface area contributed by atoms with Gasteiger partial charge in [0.25, 0.3) is 0 Å². The summed E-state index contributed by atoms with van der Waals surface area (Å²) in [5, 5.41) is 6.75. The van der Waals surface area contributed by atoms with Gasteiger partial charge >= 0.3 is 22.4 Å². The first-order valence-corrected chi connectivity index (χ1v) is 0.316. The van der Waals surface area contributed by atoms with Crippen molar-refractivity contribution in [3.8, 4) is 0 Å². The minimum atomic E-state index is 0. The molecule has 1 nitrogen and oxygen atoms in total. The summed E-state index contributed by atoms with van der Waals surface area (Å²) in [4.78, 5) is 0. The zero-order chi connectivity index (χ0) is 2.00. The third-order valence-corrected chi connectivity index (χ3v) is 0. The van der Waals surface area contributed by atoms with Crippen LogP contribution in [0.5, 0.6) is 0 Å². The van der Waals surface area contributed by atoms with Crippen molar-refractivity contribution in [2.45, 2.75) is 0 Å². The molecule has 0 aliphatic carbocycles. The van der Waals surface area contributed by atoms with Crippen molar-refractivity contribution < 1.29 is 27.5 Å². The predicted molar refractivity (Wildman–Crippen MR) is 13.7 cm³/mol. The summed E-state index contributed by atoms with van der Waals surface area (Å²) < 4.78 is 0. The van der Waals surface area contributed by atoms with Crippen LogP contribution in [-0.2, 0) is 22.4 Å². The summed E-state index contributed by atoms with van der Waals surface area (Å²) in [7, 11) is 2.25. The molecule has 0 heterocycles. The molecule has 2 heteroatoms. The van der Waals surface area contributed by atoms with E-state index in [0.29, 0.717) is 0 Å².